The average Bonchev–Trinajstić information content (AvgIpc) is 4.11. The lowest BCUT2D eigenvalue weighted by atomic mass is 10.2. The number of benzene rings is 3. The molecule has 6 aromatic heterocycles. The first kappa shape index (κ1) is 43.7. The van der Waals surface area contributed by atoms with Gasteiger partial charge in [0.2, 0.25) is 29.4 Å². The largest absolute Gasteiger partial charge is 0.443 e. The Morgan fingerprint density at radius 1 is 0.578 bits per heavy atom. The van der Waals surface area contributed by atoms with Crippen molar-refractivity contribution in [3.05, 3.63) is 157 Å². The van der Waals surface area contributed by atoms with Crippen LogP contribution in [0.15, 0.2) is 155 Å². The SMILES string of the molecule is Clc1cc(-c2ncco2)ncn1.Nc1cccc(Oc2cc(-c3ncco3)ncn2)c1.O=C(Nc1cccc(Oc2cc(-c3ncco3)ncn2)c1)Nc1ccc(Cl)c(C(F)(F)F)c1. The van der Waals surface area contributed by atoms with Crippen LogP contribution in [-0.4, -0.2) is 50.9 Å². The predicted molar refractivity (Wildman–Crippen MR) is 224 cm³/mol. The van der Waals surface area contributed by atoms with Crippen LogP contribution in [0.5, 0.6) is 23.3 Å². The van der Waals surface area contributed by atoms with Crippen molar-refractivity contribution in [2.75, 3.05) is 16.4 Å². The number of oxazole rings is 3. The molecule has 64 heavy (non-hydrogen) atoms. The fourth-order valence-electron chi connectivity index (χ4n) is 5.10. The van der Waals surface area contributed by atoms with Gasteiger partial charge in [0, 0.05) is 47.4 Å². The molecule has 3 aromatic carbocycles. The minimum absolute atomic E-state index is 0.0725. The molecule has 0 fully saturated rings. The molecule has 322 valence electrons. The number of carbonyl (C=O) groups is 1. The summed E-state index contributed by atoms with van der Waals surface area (Å²) in [6.07, 6.45) is 8.33. The number of alkyl halides is 3. The predicted octanol–water partition coefficient (Wildman–Crippen LogP) is 10.5. The molecule has 0 spiro atoms. The molecule has 0 bridgehead atoms. The number of ether oxygens (including phenoxy) is 2. The number of nitrogens with zero attached hydrogens (tertiary/aromatic N) is 9. The zero-order valence-corrected chi connectivity index (χ0v) is 33.7. The van der Waals surface area contributed by atoms with Gasteiger partial charge in [-0.05, 0) is 42.5 Å². The molecule has 0 unspecified atom stereocenters. The highest BCUT2D eigenvalue weighted by Gasteiger charge is 2.33. The molecular weight excluding hydrogens is 884 g/mol. The van der Waals surface area contributed by atoms with Gasteiger partial charge in [-0.2, -0.15) is 13.2 Å². The first-order valence-corrected chi connectivity index (χ1v) is 18.8. The maximum atomic E-state index is 13.0. The maximum absolute atomic E-state index is 13.0. The summed E-state index contributed by atoms with van der Waals surface area (Å²) in [7, 11) is 0. The summed E-state index contributed by atoms with van der Waals surface area (Å²) in [5, 5.41) is 4.77. The molecule has 9 rings (SSSR count). The minimum Gasteiger partial charge on any atom is -0.443 e. The molecule has 23 heteroatoms. The van der Waals surface area contributed by atoms with Crippen LogP contribution in [-0.2, 0) is 6.18 Å². The molecule has 0 aliphatic carbocycles. The number of anilines is 3. The molecule has 2 amide bonds. The lowest BCUT2D eigenvalue weighted by Gasteiger charge is -2.13. The molecule has 4 N–H and O–H groups in total. The number of nitrogens with one attached hydrogen (secondary N) is 2. The third-order valence-corrected chi connectivity index (χ3v) is 8.33. The number of nitrogen functional groups attached to an aromatic ring is 1. The Kier molecular flexibility index (Phi) is 13.9. The van der Waals surface area contributed by atoms with Gasteiger partial charge < -0.3 is 39.1 Å². The van der Waals surface area contributed by atoms with Crippen molar-refractivity contribution in [3.8, 4) is 58.0 Å². The van der Waals surface area contributed by atoms with Gasteiger partial charge >= 0.3 is 12.2 Å². The Morgan fingerprint density at radius 2 is 1.08 bits per heavy atom. The lowest BCUT2D eigenvalue weighted by molar-refractivity contribution is -0.137. The third-order valence-electron chi connectivity index (χ3n) is 7.80. The Morgan fingerprint density at radius 3 is 1.58 bits per heavy atom. The summed E-state index contributed by atoms with van der Waals surface area (Å²) in [5.41, 5.74) is 7.07. The van der Waals surface area contributed by atoms with Crippen molar-refractivity contribution in [1.29, 1.82) is 0 Å². The zero-order valence-electron chi connectivity index (χ0n) is 32.2. The number of hydrogen-bond acceptors (Lipinski definition) is 16. The molecule has 0 atom stereocenters. The molecule has 9 aromatic rings. The number of rotatable bonds is 9. The van der Waals surface area contributed by atoms with Gasteiger partial charge in [-0.25, -0.2) is 49.7 Å². The van der Waals surface area contributed by atoms with Crippen molar-refractivity contribution in [2.45, 2.75) is 6.18 Å². The number of aromatic nitrogens is 9. The fraction of sp³-hybridized carbons (Fsp3) is 0.0244. The highest BCUT2D eigenvalue weighted by atomic mass is 35.5. The van der Waals surface area contributed by atoms with E-state index in [0.29, 0.717) is 68.7 Å². The molecular formula is C41H27Cl2F3N12O6. The maximum Gasteiger partial charge on any atom is 0.417 e. The highest BCUT2D eigenvalue weighted by molar-refractivity contribution is 6.31. The van der Waals surface area contributed by atoms with Crippen molar-refractivity contribution >= 4 is 46.3 Å². The number of hydrogen-bond donors (Lipinski definition) is 3. The van der Waals surface area contributed by atoms with E-state index in [1.165, 1.54) is 62.2 Å². The van der Waals surface area contributed by atoms with E-state index in [4.69, 9.17) is 51.7 Å². The molecule has 0 saturated heterocycles. The van der Waals surface area contributed by atoms with Crippen LogP contribution in [0.25, 0.3) is 34.8 Å². The molecule has 6 heterocycles. The van der Waals surface area contributed by atoms with Crippen molar-refractivity contribution < 1.29 is 40.7 Å². The van der Waals surface area contributed by atoms with Crippen LogP contribution >= 0.6 is 23.2 Å². The van der Waals surface area contributed by atoms with Crippen molar-refractivity contribution in [1.82, 2.24) is 44.9 Å². The van der Waals surface area contributed by atoms with Crippen LogP contribution in [0.3, 0.4) is 0 Å². The molecule has 18 nitrogen and oxygen atoms in total. The smallest absolute Gasteiger partial charge is 0.417 e. The van der Waals surface area contributed by atoms with Gasteiger partial charge in [0.1, 0.15) is 71.5 Å². The topological polar surface area (TPSA) is 241 Å². The van der Waals surface area contributed by atoms with E-state index < -0.39 is 22.8 Å². The van der Waals surface area contributed by atoms with E-state index in [1.54, 1.807) is 67.0 Å². The van der Waals surface area contributed by atoms with E-state index in [1.807, 2.05) is 0 Å². The second-order valence-corrected chi connectivity index (χ2v) is 13.1. The van der Waals surface area contributed by atoms with Crippen molar-refractivity contribution in [3.63, 3.8) is 0 Å². The van der Waals surface area contributed by atoms with E-state index in [-0.39, 0.29) is 11.6 Å². The lowest BCUT2D eigenvalue weighted by Crippen LogP contribution is -2.20. The average molecular weight is 912 g/mol. The number of amides is 2. The van der Waals surface area contributed by atoms with E-state index >= 15 is 0 Å². The van der Waals surface area contributed by atoms with E-state index in [2.05, 4.69) is 55.5 Å². The number of urea groups is 1. The Balaban J connectivity index is 0.000000164. The second-order valence-electron chi connectivity index (χ2n) is 12.3. The van der Waals surface area contributed by atoms with Crippen LogP contribution in [0, 0.1) is 0 Å². The van der Waals surface area contributed by atoms with E-state index in [9.17, 15) is 18.0 Å². The summed E-state index contributed by atoms with van der Waals surface area (Å²) < 4.78 is 65.6. The standard InChI is InChI=1S/C21H13ClF3N5O3.C13H10N4O2.C7H4ClN3O/c22-16-5-4-13(9-15(16)21(23,24)25)30-20(31)29-12-2-1-3-14(8-12)33-18-10-17(27-11-28-18)19-26-6-7-32-19;14-9-2-1-3-10(6-9)19-12-7-11(16-8-17-12)13-15-4-5-18-13;8-6-3-5(10-4-11-6)7-9-1-2-12-7/h1-11H,(H2,29,30,31);1-8H,14H2;1-4H. The van der Waals surface area contributed by atoms with E-state index in [0.717, 1.165) is 12.1 Å². The monoisotopic (exact) mass is 910 g/mol. The van der Waals surface area contributed by atoms with Gasteiger partial charge in [-0.1, -0.05) is 35.3 Å². The summed E-state index contributed by atoms with van der Waals surface area (Å²) in [5.74, 6) is 2.71. The second kappa shape index (κ2) is 20.4. The summed E-state index contributed by atoms with van der Waals surface area (Å²) >= 11 is 11.2. The van der Waals surface area contributed by atoms with Gasteiger partial charge in [-0.15, -0.1) is 0 Å². The summed E-state index contributed by atoms with van der Waals surface area (Å²) in [6.45, 7) is 0. The van der Waals surface area contributed by atoms with Crippen molar-refractivity contribution in [2.24, 2.45) is 0 Å². The quantitative estimate of drug-likeness (QED) is 0.0901. The zero-order chi connectivity index (χ0) is 44.9. The Hall–Kier alpha value is -8.43. The number of halogens is 5. The summed E-state index contributed by atoms with van der Waals surface area (Å²) in [6, 6.07) is 20.5. The Bertz CT molecular complexity index is 2930. The number of nitrogens with two attached hydrogens (primary N) is 1. The summed E-state index contributed by atoms with van der Waals surface area (Å²) in [4.78, 5) is 48.0. The normalized spacial score (nSPS) is 10.7. The highest BCUT2D eigenvalue weighted by Crippen LogP contribution is 2.36. The third kappa shape index (κ3) is 12.3. The molecule has 0 aliphatic rings. The molecule has 0 radical (unpaired) electrons. The minimum atomic E-state index is -4.65. The van der Waals surface area contributed by atoms with Gasteiger partial charge in [-0.3, -0.25) is 0 Å². The van der Waals surface area contributed by atoms with Crippen LogP contribution in [0.4, 0.5) is 35.0 Å². The first-order valence-electron chi connectivity index (χ1n) is 18.0. The molecule has 0 saturated carbocycles. The van der Waals surface area contributed by atoms with Gasteiger partial charge in [0.15, 0.2) is 0 Å². The van der Waals surface area contributed by atoms with Gasteiger partial charge in [0.25, 0.3) is 0 Å². The van der Waals surface area contributed by atoms with Gasteiger partial charge in [0.05, 0.1) is 29.2 Å². The van der Waals surface area contributed by atoms with Crippen LogP contribution in [0.1, 0.15) is 5.56 Å². The Labute approximate surface area is 368 Å². The van der Waals surface area contributed by atoms with Crippen LogP contribution in [0.2, 0.25) is 10.2 Å². The first-order chi connectivity index (χ1) is 30.9. The molecule has 0 aliphatic heterocycles. The van der Waals surface area contributed by atoms with Crippen LogP contribution < -0.4 is 25.8 Å². The fourth-order valence-corrected chi connectivity index (χ4v) is 5.47. The number of carbonyl (C=O) groups excluding carboxylic acids is 1.